The van der Waals surface area contributed by atoms with Crippen LogP contribution < -0.4 is 5.32 Å². The molecular formula is C12H23NO. The van der Waals surface area contributed by atoms with Gasteiger partial charge in [-0.1, -0.05) is 20.8 Å². The van der Waals surface area contributed by atoms with Gasteiger partial charge in [0.25, 0.3) is 0 Å². The first kappa shape index (κ1) is 10.4. The molecule has 82 valence electrons. The third kappa shape index (κ3) is 1.59. The minimum Gasteiger partial charge on any atom is -0.373 e. The van der Waals surface area contributed by atoms with Crippen molar-refractivity contribution in [1.29, 1.82) is 0 Å². The molecule has 0 aromatic carbocycles. The number of nitrogens with one attached hydrogen (secondary N) is 1. The van der Waals surface area contributed by atoms with Gasteiger partial charge >= 0.3 is 0 Å². The molecule has 4 unspecified atom stereocenters. The van der Waals surface area contributed by atoms with Gasteiger partial charge in [-0.3, -0.25) is 0 Å². The Morgan fingerprint density at radius 1 is 1.36 bits per heavy atom. The molecule has 2 heteroatoms. The number of rotatable bonds is 3. The molecule has 4 atom stereocenters. The van der Waals surface area contributed by atoms with E-state index in [0.717, 1.165) is 25.0 Å². The van der Waals surface area contributed by atoms with Crippen molar-refractivity contribution in [2.75, 3.05) is 13.2 Å². The third-order valence-corrected chi connectivity index (χ3v) is 4.20. The zero-order valence-electron chi connectivity index (χ0n) is 9.68. The Morgan fingerprint density at radius 3 is 2.71 bits per heavy atom. The van der Waals surface area contributed by atoms with Crippen molar-refractivity contribution in [1.82, 2.24) is 5.32 Å². The summed E-state index contributed by atoms with van der Waals surface area (Å²) in [7, 11) is 0. The van der Waals surface area contributed by atoms with Crippen molar-refractivity contribution in [3.05, 3.63) is 0 Å². The van der Waals surface area contributed by atoms with E-state index < -0.39 is 0 Å². The summed E-state index contributed by atoms with van der Waals surface area (Å²) in [5.41, 5.74) is 0.255. The van der Waals surface area contributed by atoms with Crippen LogP contribution in [0.3, 0.4) is 0 Å². The van der Waals surface area contributed by atoms with Gasteiger partial charge in [0.2, 0.25) is 0 Å². The lowest BCUT2D eigenvalue weighted by atomic mass is 9.61. The molecule has 2 nitrogen and oxygen atoms in total. The fraction of sp³-hybridized carbons (Fsp3) is 1.00. The molecule has 0 aromatic heterocycles. The first-order chi connectivity index (χ1) is 6.68. The molecule has 1 N–H and O–H groups in total. The van der Waals surface area contributed by atoms with Gasteiger partial charge < -0.3 is 10.1 Å². The summed E-state index contributed by atoms with van der Waals surface area (Å²) in [6.07, 6.45) is 3.73. The molecule has 1 aliphatic heterocycles. The molecule has 1 saturated carbocycles. The van der Waals surface area contributed by atoms with Crippen LogP contribution in [0.15, 0.2) is 0 Å². The second-order valence-corrected chi connectivity index (χ2v) is 5.20. The van der Waals surface area contributed by atoms with Gasteiger partial charge in [-0.05, 0) is 37.6 Å². The van der Waals surface area contributed by atoms with E-state index in [-0.39, 0.29) is 5.60 Å². The summed E-state index contributed by atoms with van der Waals surface area (Å²) < 4.78 is 6.01. The smallest absolute Gasteiger partial charge is 0.0729 e. The average molecular weight is 197 g/mol. The molecule has 2 aliphatic rings. The Kier molecular flexibility index (Phi) is 2.85. The van der Waals surface area contributed by atoms with Crippen molar-refractivity contribution >= 4 is 0 Å². The Morgan fingerprint density at radius 2 is 2.14 bits per heavy atom. The molecule has 1 heterocycles. The first-order valence-corrected chi connectivity index (χ1v) is 6.05. The fourth-order valence-electron chi connectivity index (χ4n) is 3.01. The minimum absolute atomic E-state index is 0.255. The van der Waals surface area contributed by atoms with Gasteiger partial charge in [-0.25, -0.2) is 0 Å². The van der Waals surface area contributed by atoms with Gasteiger partial charge in [-0.2, -0.15) is 0 Å². The Hall–Kier alpha value is -0.0800. The van der Waals surface area contributed by atoms with E-state index in [4.69, 9.17) is 4.74 Å². The van der Waals surface area contributed by atoms with E-state index in [9.17, 15) is 0 Å². The second kappa shape index (κ2) is 3.82. The highest BCUT2D eigenvalue weighted by Gasteiger charge is 2.54. The van der Waals surface area contributed by atoms with E-state index in [1.165, 1.54) is 19.3 Å². The van der Waals surface area contributed by atoms with Crippen LogP contribution in [0.4, 0.5) is 0 Å². The maximum Gasteiger partial charge on any atom is 0.0729 e. The summed E-state index contributed by atoms with van der Waals surface area (Å²) in [6.45, 7) is 8.96. The highest BCUT2D eigenvalue weighted by atomic mass is 16.5. The zero-order valence-corrected chi connectivity index (χ0v) is 9.68. The predicted octanol–water partition coefficient (Wildman–Crippen LogP) is 2.19. The van der Waals surface area contributed by atoms with Gasteiger partial charge in [0, 0.05) is 6.04 Å². The Balaban J connectivity index is 1.83. The lowest BCUT2D eigenvalue weighted by Gasteiger charge is -2.49. The van der Waals surface area contributed by atoms with Gasteiger partial charge in [0.1, 0.15) is 0 Å². The lowest BCUT2D eigenvalue weighted by molar-refractivity contribution is -0.136. The van der Waals surface area contributed by atoms with Crippen LogP contribution in [0.2, 0.25) is 0 Å². The Labute approximate surface area is 87.4 Å². The van der Waals surface area contributed by atoms with Crippen LogP contribution in [0.1, 0.15) is 40.0 Å². The molecule has 0 aromatic rings. The third-order valence-electron chi connectivity index (χ3n) is 4.20. The topological polar surface area (TPSA) is 21.3 Å². The molecule has 1 saturated heterocycles. The van der Waals surface area contributed by atoms with Gasteiger partial charge in [0.15, 0.2) is 0 Å². The Bertz CT molecular complexity index is 206. The average Bonchev–Trinajstić information content (AvgIpc) is 2.61. The predicted molar refractivity (Wildman–Crippen MR) is 58.3 cm³/mol. The molecule has 0 bridgehead atoms. The second-order valence-electron chi connectivity index (χ2n) is 5.20. The van der Waals surface area contributed by atoms with Crippen molar-refractivity contribution in [2.45, 2.75) is 51.7 Å². The summed E-state index contributed by atoms with van der Waals surface area (Å²) in [5.74, 6) is 1.62. The van der Waals surface area contributed by atoms with E-state index in [0.29, 0.717) is 6.04 Å². The molecule has 1 spiro atoms. The quantitative estimate of drug-likeness (QED) is 0.749. The SMILES string of the molecule is CCCNC1COC2(C1)CC(C)C2C. The summed E-state index contributed by atoms with van der Waals surface area (Å²) in [6, 6.07) is 0.616. The summed E-state index contributed by atoms with van der Waals surface area (Å²) >= 11 is 0. The minimum atomic E-state index is 0.255. The summed E-state index contributed by atoms with van der Waals surface area (Å²) in [4.78, 5) is 0. The van der Waals surface area contributed by atoms with Crippen LogP contribution in [0.5, 0.6) is 0 Å². The highest BCUT2D eigenvalue weighted by molar-refractivity contribution is 5.05. The first-order valence-electron chi connectivity index (χ1n) is 6.05. The normalized spacial score (nSPS) is 46.9. The zero-order chi connectivity index (χ0) is 10.2. The molecule has 2 fully saturated rings. The van der Waals surface area contributed by atoms with E-state index in [1.54, 1.807) is 0 Å². The standard InChI is InChI=1S/C12H23NO/c1-4-5-13-11-7-12(14-8-11)6-9(2)10(12)3/h9-11,13H,4-8H2,1-3H3. The maximum absolute atomic E-state index is 6.01. The van der Waals surface area contributed by atoms with Crippen molar-refractivity contribution in [2.24, 2.45) is 11.8 Å². The van der Waals surface area contributed by atoms with Gasteiger partial charge in [0.05, 0.1) is 12.2 Å². The van der Waals surface area contributed by atoms with Crippen LogP contribution >= 0.6 is 0 Å². The van der Waals surface area contributed by atoms with E-state index >= 15 is 0 Å². The number of hydrogen-bond acceptors (Lipinski definition) is 2. The number of hydrogen-bond donors (Lipinski definition) is 1. The fourth-order valence-corrected chi connectivity index (χ4v) is 3.01. The highest BCUT2D eigenvalue weighted by Crippen LogP contribution is 2.51. The van der Waals surface area contributed by atoms with Gasteiger partial charge in [-0.15, -0.1) is 0 Å². The van der Waals surface area contributed by atoms with Crippen LogP contribution in [-0.2, 0) is 4.74 Å². The van der Waals surface area contributed by atoms with Crippen molar-refractivity contribution < 1.29 is 4.74 Å². The van der Waals surface area contributed by atoms with Crippen LogP contribution in [0, 0.1) is 11.8 Å². The summed E-state index contributed by atoms with van der Waals surface area (Å²) in [5, 5.41) is 3.57. The number of ether oxygens (including phenoxy) is 1. The molecule has 14 heavy (non-hydrogen) atoms. The van der Waals surface area contributed by atoms with Crippen molar-refractivity contribution in [3.8, 4) is 0 Å². The molecule has 0 amide bonds. The molecular weight excluding hydrogens is 174 g/mol. The largest absolute Gasteiger partial charge is 0.373 e. The van der Waals surface area contributed by atoms with E-state index in [1.807, 2.05) is 0 Å². The lowest BCUT2D eigenvalue weighted by Crippen LogP contribution is -2.51. The molecule has 1 aliphatic carbocycles. The van der Waals surface area contributed by atoms with Crippen LogP contribution in [-0.4, -0.2) is 24.8 Å². The molecule has 0 radical (unpaired) electrons. The van der Waals surface area contributed by atoms with Crippen LogP contribution in [0.25, 0.3) is 0 Å². The maximum atomic E-state index is 6.01. The monoisotopic (exact) mass is 197 g/mol. The molecule has 2 rings (SSSR count). The van der Waals surface area contributed by atoms with Crippen molar-refractivity contribution in [3.63, 3.8) is 0 Å². The van der Waals surface area contributed by atoms with E-state index in [2.05, 4.69) is 26.1 Å².